The van der Waals surface area contributed by atoms with Crippen molar-refractivity contribution in [2.45, 2.75) is 0 Å². The quantitative estimate of drug-likeness (QED) is 0.194. The molecular weight excluding hydrogens is 583 g/mol. The molecule has 0 unspecified atom stereocenters. The number of hydrogen-bond acceptors (Lipinski definition) is 3. The molecule has 48 heavy (non-hydrogen) atoms. The summed E-state index contributed by atoms with van der Waals surface area (Å²) >= 11 is 0. The van der Waals surface area contributed by atoms with Crippen molar-refractivity contribution in [2.75, 3.05) is 0 Å². The highest BCUT2D eigenvalue weighted by atomic mass is 15.0. The number of benzene rings is 8. The molecule has 0 aliphatic heterocycles. The van der Waals surface area contributed by atoms with Crippen LogP contribution in [0.25, 0.3) is 88.7 Å². The fourth-order valence-corrected chi connectivity index (χ4v) is 6.58. The SMILES string of the molecule is c1ccc(-c2ccc3cc(-c4cccc(-c5nc(-c6ccc7ccccc7c6)nc(-c6cccc7ccccc67)n5)c4)ccc3c2)cc1. The second kappa shape index (κ2) is 11.7. The first-order valence-electron chi connectivity index (χ1n) is 16.2. The minimum absolute atomic E-state index is 0.645. The molecule has 3 heteroatoms. The fraction of sp³-hybridized carbons (Fsp3) is 0. The minimum atomic E-state index is 0.645. The van der Waals surface area contributed by atoms with E-state index in [4.69, 9.17) is 15.0 Å². The molecule has 0 radical (unpaired) electrons. The summed E-state index contributed by atoms with van der Waals surface area (Å²) in [5, 5.41) is 7.02. The molecule has 8 aromatic carbocycles. The van der Waals surface area contributed by atoms with Crippen LogP contribution in [0.2, 0.25) is 0 Å². The van der Waals surface area contributed by atoms with Gasteiger partial charge in [0.25, 0.3) is 0 Å². The molecule has 0 aliphatic rings. The van der Waals surface area contributed by atoms with Crippen LogP contribution < -0.4 is 0 Å². The predicted octanol–water partition coefficient (Wildman–Crippen LogP) is 11.7. The van der Waals surface area contributed by atoms with Crippen molar-refractivity contribution in [3.05, 3.63) is 176 Å². The molecule has 9 aromatic rings. The molecule has 1 heterocycles. The number of aromatic nitrogens is 3. The van der Waals surface area contributed by atoms with E-state index in [9.17, 15) is 0 Å². The van der Waals surface area contributed by atoms with Gasteiger partial charge in [0.2, 0.25) is 0 Å². The average Bonchev–Trinajstić information content (AvgIpc) is 3.17. The molecule has 0 amide bonds. The van der Waals surface area contributed by atoms with Gasteiger partial charge in [0, 0.05) is 16.7 Å². The highest BCUT2D eigenvalue weighted by Crippen LogP contribution is 2.33. The monoisotopic (exact) mass is 611 g/mol. The van der Waals surface area contributed by atoms with Crippen molar-refractivity contribution in [2.24, 2.45) is 0 Å². The fourth-order valence-electron chi connectivity index (χ4n) is 6.58. The summed E-state index contributed by atoms with van der Waals surface area (Å²) in [5.41, 5.74) is 7.59. The van der Waals surface area contributed by atoms with E-state index in [1.54, 1.807) is 0 Å². The summed E-state index contributed by atoms with van der Waals surface area (Å²) < 4.78 is 0. The Balaban J connectivity index is 1.16. The first kappa shape index (κ1) is 27.8. The average molecular weight is 612 g/mol. The maximum Gasteiger partial charge on any atom is 0.164 e. The largest absolute Gasteiger partial charge is 0.208 e. The van der Waals surface area contributed by atoms with Crippen molar-refractivity contribution in [3.8, 4) is 56.4 Å². The Bertz CT molecular complexity index is 2620. The van der Waals surface area contributed by atoms with Gasteiger partial charge in [0.05, 0.1) is 0 Å². The van der Waals surface area contributed by atoms with Crippen molar-refractivity contribution in [1.82, 2.24) is 15.0 Å². The van der Waals surface area contributed by atoms with E-state index in [1.807, 2.05) is 0 Å². The van der Waals surface area contributed by atoms with Crippen LogP contribution in [-0.2, 0) is 0 Å². The van der Waals surface area contributed by atoms with Crippen LogP contribution in [0.15, 0.2) is 176 Å². The van der Waals surface area contributed by atoms with Gasteiger partial charge in [-0.3, -0.25) is 0 Å². The van der Waals surface area contributed by atoms with Crippen LogP contribution in [0.4, 0.5) is 0 Å². The Kier molecular flexibility index (Phi) is 6.80. The summed E-state index contributed by atoms with van der Waals surface area (Å²) in [4.78, 5) is 15.3. The molecule has 0 saturated carbocycles. The first-order valence-corrected chi connectivity index (χ1v) is 16.2. The summed E-state index contributed by atoms with van der Waals surface area (Å²) in [6, 6.07) is 61.8. The third-order valence-corrected chi connectivity index (χ3v) is 9.08. The van der Waals surface area contributed by atoms with Crippen molar-refractivity contribution < 1.29 is 0 Å². The van der Waals surface area contributed by atoms with Crippen molar-refractivity contribution in [1.29, 1.82) is 0 Å². The first-order chi connectivity index (χ1) is 23.7. The lowest BCUT2D eigenvalue weighted by Gasteiger charge is -2.12. The summed E-state index contributed by atoms with van der Waals surface area (Å²) in [5.74, 6) is 1.95. The molecule has 0 aliphatic carbocycles. The maximum atomic E-state index is 5.11. The maximum absolute atomic E-state index is 5.11. The molecule has 0 fully saturated rings. The van der Waals surface area contributed by atoms with Gasteiger partial charge < -0.3 is 0 Å². The van der Waals surface area contributed by atoms with Gasteiger partial charge in [-0.05, 0) is 78.8 Å². The standard InChI is InChI=1S/C45H29N3/c1-2-10-30(11-3-1)35-21-22-38-27-36(23-24-37(38)26-35)34-16-8-17-39(29-34)43-46-44(40-25-20-31-12-4-5-14-33(31)28-40)48-45(47-43)42-19-9-15-32-13-6-7-18-41(32)42/h1-29H. The topological polar surface area (TPSA) is 38.7 Å². The molecule has 224 valence electrons. The molecule has 0 atom stereocenters. The zero-order valence-electron chi connectivity index (χ0n) is 26.1. The van der Waals surface area contributed by atoms with Gasteiger partial charge in [-0.25, -0.2) is 15.0 Å². The Labute approximate surface area is 278 Å². The van der Waals surface area contributed by atoms with Gasteiger partial charge in [-0.2, -0.15) is 0 Å². The van der Waals surface area contributed by atoms with E-state index in [1.165, 1.54) is 27.3 Å². The van der Waals surface area contributed by atoms with Crippen LogP contribution in [-0.4, -0.2) is 15.0 Å². The molecule has 3 nitrogen and oxygen atoms in total. The number of nitrogens with zero attached hydrogens (tertiary/aromatic N) is 3. The molecule has 1 aromatic heterocycles. The summed E-state index contributed by atoms with van der Waals surface area (Å²) in [6.07, 6.45) is 0. The molecule has 0 N–H and O–H groups in total. The van der Waals surface area contributed by atoms with E-state index in [0.717, 1.165) is 44.0 Å². The number of hydrogen-bond donors (Lipinski definition) is 0. The van der Waals surface area contributed by atoms with E-state index in [0.29, 0.717) is 17.5 Å². The Morgan fingerprint density at radius 3 is 1.50 bits per heavy atom. The third-order valence-electron chi connectivity index (χ3n) is 9.08. The molecule has 0 bridgehead atoms. The molecule has 0 spiro atoms. The Morgan fingerprint density at radius 2 is 0.708 bits per heavy atom. The van der Waals surface area contributed by atoms with E-state index >= 15 is 0 Å². The molecule has 0 saturated heterocycles. The van der Waals surface area contributed by atoms with E-state index < -0.39 is 0 Å². The number of rotatable bonds is 5. The zero-order valence-corrected chi connectivity index (χ0v) is 26.1. The summed E-state index contributed by atoms with van der Waals surface area (Å²) in [6.45, 7) is 0. The minimum Gasteiger partial charge on any atom is -0.208 e. The lowest BCUT2D eigenvalue weighted by atomic mass is 9.97. The zero-order chi connectivity index (χ0) is 31.9. The van der Waals surface area contributed by atoms with E-state index in [-0.39, 0.29) is 0 Å². The van der Waals surface area contributed by atoms with Gasteiger partial charge in [0.15, 0.2) is 17.5 Å². The predicted molar refractivity (Wildman–Crippen MR) is 200 cm³/mol. The van der Waals surface area contributed by atoms with Gasteiger partial charge in [-0.1, -0.05) is 152 Å². The summed E-state index contributed by atoms with van der Waals surface area (Å²) in [7, 11) is 0. The second-order valence-electron chi connectivity index (χ2n) is 12.1. The van der Waals surface area contributed by atoms with Crippen LogP contribution >= 0.6 is 0 Å². The van der Waals surface area contributed by atoms with E-state index in [2.05, 4.69) is 176 Å². The van der Waals surface area contributed by atoms with Crippen molar-refractivity contribution in [3.63, 3.8) is 0 Å². The van der Waals surface area contributed by atoms with Gasteiger partial charge >= 0.3 is 0 Å². The number of fused-ring (bicyclic) bond motifs is 3. The normalized spacial score (nSPS) is 11.3. The highest BCUT2D eigenvalue weighted by Gasteiger charge is 2.15. The van der Waals surface area contributed by atoms with Crippen LogP contribution in [0.1, 0.15) is 0 Å². The van der Waals surface area contributed by atoms with Crippen molar-refractivity contribution >= 4 is 32.3 Å². The smallest absolute Gasteiger partial charge is 0.164 e. The van der Waals surface area contributed by atoms with Crippen LogP contribution in [0, 0.1) is 0 Å². The lowest BCUT2D eigenvalue weighted by molar-refractivity contribution is 1.08. The van der Waals surface area contributed by atoms with Gasteiger partial charge in [-0.15, -0.1) is 0 Å². The molecular formula is C45H29N3. The van der Waals surface area contributed by atoms with Gasteiger partial charge in [0.1, 0.15) is 0 Å². The van der Waals surface area contributed by atoms with Crippen LogP contribution in [0.5, 0.6) is 0 Å². The second-order valence-corrected chi connectivity index (χ2v) is 12.1. The Morgan fingerprint density at radius 1 is 0.250 bits per heavy atom. The Hall–Kier alpha value is -6.45. The molecule has 9 rings (SSSR count). The van der Waals surface area contributed by atoms with Crippen LogP contribution in [0.3, 0.4) is 0 Å². The lowest BCUT2D eigenvalue weighted by Crippen LogP contribution is -2.00. The third kappa shape index (κ3) is 5.18. The highest BCUT2D eigenvalue weighted by molar-refractivity contribution is 5.96.